The smallest absolute Gasteiger partial charge is 0.228 e. The van der Waals surface area contributed by atoms with E-state index in [0.717, 1.165) is 42.2 Å². The van der Waals surface area contributed by atoms with E-state index >= 15 is 0 Å². The van der Waals surface area contributed by atoms with E-state index in [0.29, 0.717) is 12.5 Å². The van der Waals surface area contributed by atoms with E-state index in [9.17, 15) is 9.18 Å². The van der Waals surface area contributed by atoms with Crippen LogP contribution in [-0.4, -0.2) is 42.0 Å². The third kappa shape index (κ3) is 5.64. The second-order valence-corrected chi connectivity index (χ2v) is 6.63. The molecule has 0 saturated carbocycles. The van der Waals surface area contributed by atoms with E-state index < -0.39 is 0 Å². The summed E-state index contributed by atoms with van der Waals surface area (Å²) in [6, 6.07) is 6.89. The largest absolute Gasteiger partial charge is 0.342 e. The van der Waals surface area contributed by atoms with Crippen molar-refractivity contribution >= 4 is 42.1 Å². The molecular formula is C17H22Cl2FN3OS. The van der Waals surface area contributed by atoms with Crippen molar-refractivity contribution in [2.45, 2.75) is 25.3 Å². The van der Waals surface area contributed by atoms with Gasteiger partial charge in [0.2, 0.25) is 5.91 Å². The molecule has 1 amide bonds. The van der Waals surface area contributed by atoms with Crippen molar-refractivity contribution in [3.63, 3.8) is 0 Å². The van der Waals surface area contributed by atoms with Gasteiger partial charge in [-0.3, -0.25) is 4.79 Å². The third-order valence-electron chi connectivity index (χ3n) is 4.21. The number of piperidine rings is 1. The predicted molar refractivity (Wildman–Crippen MR) is 104 cm³/mol. The molecule has 0 atom stereocenters. The number of nitrogens with one attached hydrogen (secondary N) is 1. The monoisotopic (exact) mass is 405 g/mol. The molecule has 1 N–H and O–H groups in total. The first-order chi connectivity index (χ1) is 11.2. The lowest BCUT2D eigenvalue weighted by atomic mass is 10.0. The van der Waals surface area contributed by atoms with Gasteiger partial charge in [0, 0.05) is 30.1 Å². The molecule has 2 heterocycles. The number of carbonyl (C=O) groups excluding carboxylic acids is 1. The van der Waals surface area contributed by atoms with Gasteiger partial charge in [-0.1, -0.05) is 12.1 Å². The van der Waals surface area contributed by atoms with Crippen molar-refractivity contribution in [2.24, 2.45) is 0 Å². The van der Waals surface area contributed by atoms with Crippen LogP contribution in [0.15, 0.2) is 29.6 Å². The normalized spacial score (nSPS) is 14.6. The molecule has 0 radical (unpaired) electrons. The van der Waals surface area contributed by atoms with E-state index in [2.05, 4.69) is 10.3 Å². The van der Waals surface area contributed by atoms with Gasteiger partial charge in [-0.2, -0.15) is 0 Å². The van der Waals surface area contributed by atoms with Gasteiger partial charge in [-0.25, -0.2) is 9.37 Å². The Bertz CT molecular complexity index is 690. The molecule has 4 nitrogen and oxygen atoms in total. The topological polar surface area (TPSA) is 45.2 Å². The molecule has 2 aromatic rings. The van der Waals surface area contributed by atoms with Gasteiger partial charge in [-0.15, -0.1) is 36.2 Å². The summed E-state index contributed by atoms with van der Waals surface area (Å²) in [5.74, 6) is -0.154. The van der Waals surface area contributed by atoms with Crippen molar-refractivity contribution in [3.8, 4) is 10.6 Å². The third-order valence-corrected chi connectivity index (χ3v) is 5.15. The van der Waals surface area contributed by atoms with Crippen LogP contribution in [0.25, 0.3) is 10.6 Å². The zero-order valence-corrected chi connectivity index (χ0v) is 16.4. The Hall–Kier alpha value is -1.21. The highest BCUT2D eigenvalue weighted by Gasteiger charge is 2.22. The Morgan fingerprint density at radius 3 is 2.72 bits per heavy atom. The molecule has 25 heavy (non-hydrogen) atoms. The van der Waals surface area contributed by atoms with Crippen LogP contribution >= 0.6 is 36.2 Å². The number of halogens is 3. The number of hydrogen-bond donors (Lipinski definition) is 1. The summed E-state index contributed by atoms with van der Waals surface area (Å²) < 4.78 is 13.3. The number of hydrogen-bond acceptors (Lipinski definition) is 4. The van der Waals surface area contributed by atoms with Crippen LogP contribution in [0.5, 0.6) is 0 Å². The molecule has 0 spiro atoms. The van der Waals surface area contributed by atoms with E-state index in [4.69, 9.17) is 0 Å². The fraction of sp³-hybridized carbons (Fsp3) is 0.412. The average molecular weight is 406 g/mol. The van der Waals surface area contributed by atoms with Crippen molar-refractivity contribution in [2.75, 3.05) is 20.1 Å². The van der Waals surface area contributed by atoms with E-state index in [1.54, 1.807) is 6.07 Å². The number of aromatic nitrogens is 1. The zero-order chi connectivity index (χ0) is 16.2. The van der Waals surface area contributed by atoms with Crippen LogP contribution in [0.3, 0.4) is 0 Å². The summed E-state index contributed by atoms with van der Waals surface area (Å²) in [5.41, 5.74) is 1.51. The Morgan fingerprint density at radius 1 is 1.36 bits per heavy atom. The Morgan fingerprint density at radius 2 is 2.08 bits per heavy atom. The van der Waals surface area contributed by atoms with E-state index in [-0.39, 0.29) is 36.5 Å². The van der Waals surface area contributed by atoms with Gasteiger partial charge < -0.3 is 10.2 Å². The predicted octanol–water partition coefficient (Wildman–Crippen LogP) is 3.55. The molecule has 0 bridgehead atoms. The molecule has 8 heteroatoms. The van der Waals surface area contributed by atoms with Gasteiger partial charge in [0.25, 0.3) is 0 Å². The molecule has 1 aliphatic heterocycles. The number of likely N-dealkylation sites (tertiary alicyclic amines) is 1. The molecular weight excluding hydrogens is 384 g/mol. The number of benzene rings is 1. The van der Waals surface area contributed by atoms with Gasteiger partial charge >= 0.3 is 0 Å². The highest BCUT2D eigenvalue weighted by atomic mass is 35.5. The Balaban J connectivity index is 0.00000156. The summed E-state index contributed by atoms with van der Waals surface area (Å²) in [5, 5.41) is 5.90. The highest BCUT2D eigenvalue weighted by molar-refractivity contribution is 7.13. The minimum Gasteiger partial charge on any atom is -0.342 e. The molecule has 1 aromatic heterocycles. The van der Waals surface area contributed by atoms with Crippen molar-refractivity contribution in [3.05, 3.63) is 41.2 Å². The van der Waals surface area contributed by atoms with Gasteiger partial charge in [0.1, 0.15) is 10.8 Å². The zero-order valence-electron chi connectivity index (χ0n) is 13.9. The lowest BCUT2D eigenvalue weighted by Gasteiger charge is -2.31. The number of amides is 1. The SMILES string of the molecule is CNC1CCN(C(=O)Cc2csc(-c3cccc(F)c3)n2)CC1.Cl.Cl. The minimum atomic E-state index is -0.275. The molecule has 138 valence electrons. The summed E-state index contributed by atoms with van der Waals surface area (Å²) in [4.78, 5) is 18.8. The Labute approximate surface area is 163 Å². The number of thiazole rings is 1. The van der Waals surface area contributed by atoms with Crippen molar-refractivity contribution < 1.29 is 9.18 Å². The molecule has 1 fully saturated rings. The lowest BCUT2D eigenvalue weighted by Crippen LogP contribution is -2.44. The van der Waals surface area contributed by atoms with Crippen molar-refractivity contribution in [1.82, 2.24) is 15.2 Å². The quantitative estimate of drug-likeness (QED) is 0.845. The van der Waals surface area contributed by atoms with Crippen LogP contribution in [0.4, 0.5) is 4.39 Å². The molecule has 3 rings (SSSR count). The standard InChI is InChI=1S/C17H20FN3OS.2ClH/c1-19-14-5-7-21(8-6-14)16(22)10-15-11-23-17(20-15)12-3-2-4-13(18)9-12;;/h2-4,9,11,14,19H,5-8,10H2,1H3;2*1H. The van der Waals surface area contributed by atoms with Crippen LogP contribution in [0.2, 0.25) is 0 Å². The van der Waals surface area contributed by atoms with Crippen molar-refractivity contribution in [1.29, 1.82) is 0 Å². The maximum atomic E-state index is 13.3. The van der Waals surface area contributed by atoms with E-state index in [1.165, 1.54) is 23.5 Å². The molecule has 1 aromatic carbocycles. The lowest BCUT2D eigenvalue weighted by molar-refractivity contribution is -0.131. The van der Waals surface area contributed by atoms with Crippen LogP contribution < -0.4 is 5.32 Å². The van der Waals surface area contributed by atoms with Crippen LogP contribution in [0, 0.1) is 5.82 Å². The van der Waals surface area contributed by atoms with Gasteiger partial charge in [0.15, 0.2) is 0 Å². The van der Waals surface area contributed by atoms with Gasteiger partial charge in [0.05, 0.1) is 12.1 Å². The first-order valence-electron chi connectivity index (χ1n) is 7.81. The maximum Gasteiger partial charge on any atom is 0.228 e. The molecule has 0 unspecified atom stereocenters. The molecule has 1 saturated heterocycles. The minimum absolute atomic E-state index is 0. The second kappa shape index (κ2) is 10.1. The summed E-state index contributed by atoms with van der Waals surface area (Å²) in [6.45, 7) is 1.59. The number of nitrogens with zero attached hydrogens (tertiary/aromatic N) is 2. The molecule has 0 aliphatic carbocycles. The summed E-state index contributed by atoms with van der Waals surface area (Å²) >= 11 is 1.45. The van der Waals surface area contributed by atoms with Crippen LogP contribution in [0.1, 0.15) is 18.5 Å². The molecule has 1 aliphatic rings. The maximum absolute atomic E-state index is 13.3. The first-order valence-corrected chi connectivity index (χ1v) is 8.69. The number of carbonyl (C=O) groups is 1. The van der Waals surface area contributed by atoms with Gasteiger partial charge in [-0.05, 0) is 32.0 Å². The fourth-order valence-corrected chi connectivity index (χ4v) is 3.64. The highest BCUT2D eigenvalue weighted by Crippen LogP contribution is 2.24. The Kier molecular flexibility index (Phi) is 8.79. The summed E-state index contributed by atoms with van der Waals surface area (Å²) in [7, 11) is 1.96. The number of rotatable bonds is 4. The van der Waals surface area contributed by atoms with E-state index in [1.807, 2.05) is 23.4 Å². The first kappa shape index (κ1) is 21.8. The summed E-state index contributed by atoms with van der Waals surface area (Å²) in [6.07, 6.45) is 2.30. The fourth-order valence-electron chi connectivity index (χ4n) is 2.83. The van der Waals surface area contributed by atoms with Crippen LogP contribution in [-0.2, 0) is 11.2 Å². The average Bonchev–Trinajstić information content (AvgIpc) is 3.03. The second-order valence-electron chi connectivity index (χ2n) is 5.77.